The second kappa shape index (κ2) is 9.41. The Bertz CT molecular complexity index is 504. The smallest absolute Gasteiger partial charge is 0.242 e. The predicted molar refractivity (Wildman–Crippen MR) is 90.7 cm³/mol. The normalized spacial score (nSPS) is 17.5. The van der Waals surface area contributed by atoms with Crippen molar-refractivity contribution in [2.45, 2.75) is 26.8 Å². The molecule has 136 valence electrons. The molecule has 2 amide bonds. The molecule has 0 aromatic rings. The molecular weight excluding hydrogens is 344 g/mol. The van der Waals surface area contributed by atoms with Gasteiger partial charge >= 0.3 is 0 Å². The monoisotopic (exact) mass is 370 g/mol. The average Bonchev–Trinajstić information content (AvgIpc) is 2.51. The van der Waals surface area contributed by atoms with Crippen LogP contribution in [0.2, 0.25) is 0 Å². The van der Waals surface area contributed by atoms with Crippen molar-refractivity contribution in [1.82, 2.24) is 14.5 Å². The van der Waals surface area contributed by atoms with E-state index in [1.165, 1.54) is 4.31 Å². The number of nitrogens with two attached hydrogens (primary N) is 1. The molecule has 1 aliphatic rings. The maximum atomic E-state index is 12.0. The molecular formula is C13H27ClN4O4S. The third-order valence-corrected chi connectivity index (χ3v) is 5.67. The lowest BCUT2D eigenvalue weighted by molar-refractivity contribution is -0.134. The number of halogens is 1. The Labute approximate surface area is 144 Å². The first-order valence-electron chi connectivity index (χ1n) is 7.48. The summed E-state index contributed by atoms with van der Waals surface area (Å²) in [5.41, 5.74) is 5.70. The van der Waals surface area contributed by atoms with Gasteiger partial charge in [0.2, 0.25) is 21.8 Å². The fourth-order valence-electron chi connectivity index (χ4n) is 2.09. The third-order valence-electron chi connectivity index (χ3n) is 3.78. The largest absolute Gasteiger partial charge is 0.346 e. The standard InChI is InChI=1S/C13H26N4O4S.ClH/c1-4-22(20,21)17-7-5-16(6-8-17)11(18)9-15-13(19)12(14)10(2)3;/h10,12H,4-9,14H2,1-3H3,(H,15,19);1H/t12-;/m0./s1. The molecule has 1 fully saturated rings. The Kier molecular flexibility index (Phi) is 9.04. The number of carbonyl (C=O) groups excluding carboxylic acids is 2. The number of sulfonamides is 1. The summed E-state index contributed by atoms with van der Waals surface area (Å²) in [7, 11) is -3.21. The van der Waals surface area contributed by atoms with Crippen molar-refractivity contribution in [2.75, 3.05) is 38.5 Å². The van der Waals surface area contributed by atoms with Crippen LogP contribution in [0.25, 0.3) is 0 Å². The van der Waals surface area contributed by atoms with Crippen LogP contribution in [-0.4, -0.2) is 74.0 Å². The van der Waals surface area contributed by atoms with Gasteiger partial charge in [0.1, 0.15) is 0 Å². The van der Waals surface area contributed by atoms with Gasteiger partial charge in [-0.2, -0.15) is 4.31 Å². The topological polar surface area (TPSA) is 113 Å². The molecule has 0 spiro atoms. The number of nitrogens with zero attached hydrogens (tertiary/aromatic N) is 2. The summed E-state index contributed by atoms with van der Waals surface area (Å²) in [6.45, 7) is 6.41. The first-order chi connectivity index (χ1) is 10.2. The molecule has 23 heavy (non-hydrogen) atoms. The zero-order chi connectivity index (χ0) is 16.9. The van der Waals surface area contributed by atoms with Gasteiger partial charge in [-0.1, -0.05) is 13.8 Å². The maximum Gasteiger partial charge on any atom is 0.242 e. The highest BCUT2D eigenvalue weighted by Gasteiger charge is 2.28. The maximum absolute atomic E-state index is 12.0. The summed E-state index contributed by atoms with van der Waals surface area (Å²) in [6, 6.07) is -0.639. The van der Waals surface area contributed by atoms with Crippen molar-refractivity contribution in [3.05, 3.63) is 0 Å². The van der Waals surface area contributed by atoms with Crippen molar-refractivity contribution < 1.29 is 18.0 Å². The van der Waals surface area contributed by atoms with Crippen molar-refractivity contribution in [3.63, 3.8) is 0 Å². The fraction of sp³-hybridized carbons (Fsp3) is 0.846. The summed E-state index contributed by atoms with van der Waals surface area (Å²) in [5.74, 6) is -0.518. The third kappa shape index (κ3) is 6.25. The van der Waals surface area contributed by atoms with Gasteiger partial charge < -0.3 is 16.0 Å². The van der Waals surface area contributed by atoms with Crippen LogP contribution in [0.1, 0.15) is 20.8 Å². The van der Waals surface area contributed by atoms with Crippen LogP contribution in [0.4, 0.5) is 0 Å². The molecule has 0 aromatic heterocycles. The van der Waals surface area contributed by atoms with E-state index in [0.29, 0.717) is 26.2 Å². The Hall–Kier alpha value is -0.900. The van der Waals surface area contributed by atoms with Gasteiger partial charge in [-0.25, -0.2) is 8.42 Å². The molecule has 0 bridgehead atoms. The molecule has 0 aliphatic carbocycles. The molecule has 1 saturated heterocycles. The van der Waals surface area contributed by atoms with Crippen LogP contribution >= 0.6 is 12.4 Å². The molecule has 10 heteroatoms. The van der Waals surface area contributed by atoms with Crippen LogP contribution in [0, 0.1) is 5.92 Å². The quantitative estimate of drug-likeness (QED) is 0.622. The molecule has 1 atom stereocenters. The summed E-state index contributed by atoms with van der Waals surface area (Å²) < 4.78 is 24.9. The zero-order valence-electron chi connectivity index (χ0n) is 13.8. The number of rotatable bonds is 6. The van der Waals surface area contributed by atoms with Crippen molar-refractivity contribution in [2.24, 2.45) is 11.7 Å². The van der Waals surface area contributed by atoms with E-state index < -0.39 is 16.1 Å². The van der Waals surface area contributed by atoms with Crippen molar-refractivity contribution in [3.8, 4) is 0 Å². The van der Waals surface area contributed by atoms with Gasteiger partial charge in [-0.3, -0.25) is 9.59 Å². The molecule has 8 nitrogen and oxygen atoms in total. The first-order valence-corrected chi connectivity index (χ1v) is 9.08. The van der Waals surface area contributed by atoms with E-state index in [4.69, 9.17) is 5.73 Å². The summed E-state index contributed by atoms with van der Waals surface area (Å²) in [5, 5.41) is 2.53. The lowest BCUT2D eigenvalue weighted by Crippen LogP contribution is -2.54. The number of nitrogens with one attached hydrogen (secondary N) is 1. The molecule has 1 rings (SSSR count). The SMILES string of the molecule is CCS(=O)(=O)N1CCN(C(=O)CNC(=O)[C@@H](N)C(C)C)CC1.Cl. The Morgan fingerprint density at radius 2 is 1.70 bits per heavy atom. The first kappa shape index (κ1) is 22.1. The lowest BCUT2D eigenvalue weighted by atomic mass is 10.1. The molecule has 0 saturated carbocycles. The summed E-state index contributed by atoms with van der Waals surface area (Å²) in [6.07, 6.45) is 0. The minimum Gasteiger partial charge on any atom is -0.346 e. The number of amides is 2. The molecule has 3 N–H and O–H groups in total. The van der Waals surface area contributed by atoms with E-state index in [-0.39, 0.29) is 42.4 Å². The minimum absolute atomic E-state index is 0. The van der Waals surface area contributed by atoms with Gasteiger partial charge in [-0.15, -0.1) is 12.4 Å². The Morgan fingerprint density at radius 3 is 2.13 bits per heavy atom. The predicted octanol–water partition coefficient (Wildman–Crippen LogP) is -0.998. The second-order valence-corrected chi connectivity index (χ2v) is 7.93. The van der Waals surface area contributed by atoms with E-state index in [1.54, 1.807) is 11.8 Å². The number of carbonyl (C=O) groups is 2. The fourth-order valence-corrected chi connectivity index (χ4v) is 3.18. The number of hydrogen-bond donors (Lipinski definition) is 2. The molecule has 0 unspecified atom stereocenters. The number of hydrogen-bond acceptors (Lipinski definition) is 5. The highest BCUT2D eigenvalue weighted by molar-refractivity contribution is 7.89. The van der Waals surface area contributed by atoms with E-state index in [2.05, 4.69) is 5.32 Å². The highest BCUT2D eigenvalue weighted by atomic mass is 35.5. The van der Waals surface area contributed by atoms with E-state index in [1.807, 2.05) is 13.8 Å². The van der Waals surface area contributed by atoms with Gasteiger partial charge in [0, 0.05) is 26.2 Å². The van der Waals surface area contributed by atoms with E-state index >= 15 is 0 Å². The lowest BCUT2D eigenvalue weighted by Gasteiger charge is -2.34. The Balaban J connectivity index is 0.00000484. The van der Waals surface area contributed by atoms with Crippen LogP contribution in [0.15, 0.2) is 0 Å². The van der Waals surface area contributed by atoms with Gasteiger partial charge in [-0.05, 0) is 12.8 Å². The van der Waals surface area contributed by atoms with Crippen molar-refractivity contribution >= 4 is 34.2 Å². The summed E-state index contributed by atoms with van der Waals surface area (Å²) in [4.78, 5) is 25.3. The van der Waals surface area contributed by atoms with Gasteiger partial charge in [0.25, 0.3) is 0 Å². The van der Waals surface area contributed by atoms with Crippen LogP contribution in [-0.2, 0) is 19.6 Å². The van der Waals surface area contributed by atoms with Crippen LogP contribution in [0.5, 0.6) is 0 Å². The van der Waals surface area contributed by atoms with Crippen LogP contribution < -0.4 is 11.1 Å². The highest BCUT2D eigenvalue weighted by Crippen LogP contribution is 2.08. The zero-order valence-corrected chi connectivity index (χ0v) is 15.5. The molecule has 0 aromatic carbocycles. The van der Waals surface area contributed by atoms with E-state index in [0.717, 1.165) is 0 Å². The number of piperazine rings is 1. The second-order valence-electron chi connectivity index (χ2n) is 5.67. The minimum atomic E-state index is -3.21. The van der Waals surface area contributed by atoms with Gasteiger partial charge in [0.15, 0.2) is 0 Å². The van der Waals surface area contributed by atoms with Gasteiger partial charge in [0.05, 0.1) is 18.3 Å². The average molecular weight is 371 g/mol. The summed E-state index contributed by atoms with van der Waals surface area (Å²) >= 11 is 0. The van der Waals surface area contributed by atoms with Crippen LogP contribution in [0.3, 0.4) is 0 Å². The molecule has 1 heterocycles. The molecule has 1 aliphatic heterocycles. The molecule has 0 radical (unpaired) electrons. The van der Waals surface area contributed by atoms with Crippen molar-refractivity contribution in [1.29, 1.82) is 0 Å². The Morgan fingerprint density at radius 1 is 1.17 bits per heavy atom. The van der Waals surface area contributed by atoms with E-state index in [9.17, 15) is 18.0 Å².